The van der Waals surface area contributed by atoms with Gasteiger partial charge in [0.1, 0.15) is 5.75 Å². The van der Waals surface area contributed by atoms with E-state index in [-0.39, 0.29) is 34.8 Å². The zero-order valence-electron chi connectivity index (χ0n) is 16.7. The highest BCUT2D eigenvalue weighted by Gasteiger charge is 2.32. The number of carbonyl (C=O) groups is 1. The van der Waals surface area contributed by atoms with Crippen LogP contribution in [-0.2, 0) is 14.8 Å². The first-order valence-corrected chi connectivity index (χ1v) is 11.3. The number of nitrogens with one attached hydrogen (secondary N) is 1. The van der Waals surface area contributed by atoms with Crippen molar-refractivity contribution in [2.75, 3.05) is 25.5 Å². The molecule has 0 spiro atoms. The normalized spacial score (nSPS) is 15.9. The molecule has 1 saturated heterocycles. The van der Waals surface area contributed by atoms with Crippen LogP contribution in [-0.4, -0.2) is 38.8 Å². The van der Waals surface area contributed by atoms with Gasteiger partial charge in [0.25, 0.3) is 0 Å². The van der Waals surface area contributed by atoms with Gasteiger partial charge in [0, 0.05) is 24.7 Å². The number of anilines is 1. The zero-order valence-corrected chi connectivity index (χ0v) is 18.3. The molecule has 0 saturated carbocycles. The summed E-state index contributed by atoms with van der Waals surface area (Å²) in [6.07, 6.45) is 0.944. The largest absolute Gasteiger partial charge is 0.495 e. The molecule has 156 valence electrons. The molecule has 0 bridgehead atoms. The maximum Gasteiger partial charge on any atom is 0.243 e. The highest BCUT2D eigenvalue weighted by Crippen LogP contribution is 2.30. The molecule has 1 aliphatic heterocycles. The van der Waals surface area contributed by atoms with Crippen LogP contribution in [0.2, 0.25) is 5.02 Å². The van der Waals surface area contributed by atoms with Crippen LogP contribution in [0.3, 0.4) is 0 Å². The Morgan fingerprint density at radius 3 is 2.28 bits per heavy atom. The number of hydrogen-bond acceptors (Lipinski definition) is 4. The zero-order chi connectivity index (χ0) is 21.2. The van der Waals surface area contributed by atoms with Gasteiger partial charge in [0.05, 0.1) is 17.0 Å². The van der Waals surface area contributed by atoms with Crippen LogP contribution in [0.15, 0.2) is 41.3 Å². The minimum Gasteiger partial charge on any atom is -0.495 e. The molecule has 6 nitrogen and oxygen atoms in total. The van der Waals surface area contributed by atoms with E-state index in [1.165, 1.54) is 23.5 Å². The summed E-state index contributed by atoms with van der Waals surface area (Å²) < 4.78 is 32.3. The molecule has 1 fully saturated rings. The first kappa shape index (κ1) is 21.6. The van der Waals surface area contributed by atoms with Gasteiger partial charge in [-0.1, -0.05) is 17.7 Å². The number of halogens is 1. The van der Waals surface area contributed by atoms with E-state index in [4.69, 9.17) is 16.3 Å². The van der Waals surface area contributed by atoms with Crippen molar-refractivity contribution in [1.82, 2.24) is 4.31 Å². The quantitative estimate of drug-likeness (QED) is 0.768. The predicted molar refractivity (Wildman–Crippen MR) is 114 cm³/mol. The predicted octanol–water partition coefficient (Wildman–Crippen LogP) is 4.00. The van der Waals surface area contributed by atoms with Crippen LogP contribution >= 0.6 is 11.6 Å². The van der Waals surface area contributed by atoms with Gasteiger partial charge in [0.2, 0.25) is 15.9 Å². The van der Waals surface area contributed by atoms with Crippen molar-refractivity contribution < 1.29 is 17.9 Å². The highest BCUT2D eigenvalue weighted by molar-refractivity contribution is 7.89. The fraction of sp³-hybridized carbons (Fsp3) is 0.381. The summed E-state index contributed by atoms with van der Waals surface area (Å²) >= 11 is 6.08. The minimum atomic E-state index is -3.67. The van der Waals surface area contributed by atoms with Crippen molar-refractivity contribution in [2.45, 2.75) is 31.6 Å². The Bertz CT molecular complexity index is 995. The molecule has 0 unspecified atom stereocenters. The summed E-state index contributed by atoms with van der Waals surface area (Å²) in [6, 6.07) is 10.3. The van der Waals surface area contributed by atoms with Crippen LogP contribution in [0.1, 0.15) is 24.0 Å². The second kappa shape index (κ2) is 8.73. The van der Waals surface area contributed by atoms with Gasteiger partial charge in [-0.05, 0) is 68.1 Å². The number of amides is 1. The number of aryl methyl sites for hydroxylation is 2. The lowest BCUT2D eigenvalue weighted by Gasteiger charge is -2.30. The Balaban J connectivity index is 1.64. The van der Waals surface area contributed by atoms with Gasteiger partial charge in [0.15, 0.2) is 0 Å². The molecule has 0 aromatic heterocycles. The SMILES string of the molecule is COc1ccc(S(=O)(=O)N2CCC(C(=O)Nc3cc(C)cc(C)c3)CC2)cc1Cl. The van der Waals surface area contributed by atoms with E-state index in [0.717, 1.165) is 16.8 Å². The molecule has 2 aromatic rings. The summed E-state index contributed by atoms with van der Waals surface area (Å²) in [5.41, 5.74) is 2.94. The third-order valence-corrected chi connectivity index (χ3v) is 7.26. The van der Waals surface area contributed by atoms with Crippen LogP contribution < -0.4 is 10.1 Å². The van der Waals surface area contributed by atoms with Crippen LogP contribution in [0, 0.1) is 19.8 Å². The summed E-state index contributed by atoms with van der Waals surface area (Å²) in [5, 5.41) is 3.21. The van der Waals surface area contributed by atoms with Crippen molar-refractivity contribution >= 4 is 33.2 Å². The van der Waals surface area contributed by atoms with E-state index in [1.807, 2.05) is 32.0 Å². The maximum absolute atomic E-state index is 12.9. The Kier molecular flexibility index (Phi) is 6.51. The van der Waals surface area contributed by atoms with E-state index >= 15 is 0 Å². The molecular weight excluding hydrogens is 412 g/mol. The van der Waals surface area contributed by atoms with Crippen molar-refractivity contribution in [3.63, 3.8) is 0 Å². The van der Waals surface area contributed by atoms with E-state index < -0.39 is 10.0 Å². The molecular formula is C21H25ClN2O4S. The smallest absolute Gasteiger partial charge is 0.243 e. The van der Waals surface area contributed by atoms with E-state index in [2.05, 4.69) is 5.32 Å². The molecule has 8 heteroatoms. The van der Waals surface area contributed by atoms with Gasteiger partial charge in [-0.2, -0.15) is 4.31 Å². The highest BCUT2D eigenvalue weighted by atomic mass is 35.5. The average Bonchev–Trinajstić information content (AvgIpc) is 2.67. The Hall–Kier alpha value is -2.09. The number of benzene rings is 2. The van der Waals surface area contributed by atoms with Gasteiger partial charge in [-0.25, -0.2) is 8.42 Å². The number of nitrogens with zero attached hydrogens (tertiary/aromatic N) is 1. The molecule has 3 rings (SSSR count). The molecule has 1 amide bonds. The second-order valence-electron chi connectivity index (χ2n) is 7.34. The first-order chi connectivity index (χ1) is 13.7. The number of sulfonamides is 1. The van der Waals surface area contributed by atoms with Crippen molar-refractivity contribution in [3.05, 3.63) is 52.5 Å². The topological polar surface area (TPSA) is 75.7 Å². The first-order valence-electron chi connectivity index (χ1n) is 9.43. The number of rotatable bonds is 5. The molecule has 2 aromatic carbocycles. The van der Waals surface area contributed by atoms with Crippen LogP contribution in [0.4, 0.5) is 5.69 Å². The number of hydrogen-bond donors (Lipinski definition) is 1. The third kappa shape index (κ3) is 4.91. The summed E-state index contributed by atoms with van der Waals surface area (Å²) in [7, 11) is -2.19. The summed E-state index contributed by atoms with van der Waals surface area (Å²) in [4.78, 5) is 12.7. The molecule has 1 N–H and O–H groups in total. The lowest BCUT2D eigenvalue weighted by atomic mass is 9.97. The van der Waals surface area contributed by atoms with Crippen LogP contribution in [0.25, 0.3) is 0 Å². The molecule has 0 atom stereocenters. The molecule has 29 heavy (non-hydrogen) atoms. The lowest BCUT2D eigenvalue weighted by Crippen LogP contribution is -2.41. The Morgan fingerprint density at radius 1 is 1.10 bits per heavy atom. The third-order valence-electron chi connectivity index (χ3n) is 5.07. The average molecular weight is 437 g/mol. The standard InChI is InChI=1S/C21H25ClN2O4S/c1-14-10-15(2)12-17(11-14)23-21(25)16-6-8-24(9-7-16)29(26,27)18-4-5-20(28-3)19(22)13-18/h4-5,10-13,16H,6-9H2,1-3H3,(H,23,25). The molecule has 0 aliphatic carbocycles. The molecule has 1 aliphatic rings. The maximum atomic E-state index is 12.9. The van der Waals surface area contributed by atoms with Gasteiger partial charge in [-0.15, -0.1) is 0 Å². The second-order valence-corrected chi connectivity index (χ2v) is 9.69. The summed E-state index contributed by atoms with van der Waals surface area (Å²) in [5.74, 6) is 0.133. The van der Waals surface area contributed by atoms with E-state index in [0.29, 0.717) is 18.6 Å². The fourth-order valence-corrected chi connectivity index (χ4v) is 5.43. The number of methoxy groups -OCH3 is 1. The molecule has 0 radical (unpaired) electrons. The molecule has 1 heterocycles. The van der Waals surface area contributed by atoms with Crippen molar-refractivity contribution in [2.24, 2.45) is 5.92 Å². The number of ether oxygens (including phenoxy) is 1. The van der Waals surface area contributed by atoms with E-state index in [9.17, 15) is 13.2 Å². The van der Waals surface area contributed by atoms with Crippen molar-refractivity contribution in [1.29, 1.82) is 0 Å². The Labute approximate surface area is 176 Å². The van der Waals surface area contributed by atoms with E-state index in [1.54, 1.807) is 6.07 Å². The lowest BCUT2D eigenvalue weighted by molar-refractivity contribution is -0.120. The number of piperidine rings is 1. The van der Waals surface area contributed by atoms with Gasteiger partial charge < -0.3 is 10.1 Å². The van der Waals surface area contributed by atoms with Gasteiger partial charge >= 0.3 is 0 Å². The van der Waals surface area contributed by atoms with Gasteiger partial charge in [-0.3, -0.25) is 4.79 Å². The Morgan fingerprint density at radius 2 is 1.72 bits per heavy atom. The summed E-state index contributed by atoms with van der Waals surface area (Å²) in [6.45, 7) is 4.54. The van der Waals surface area contributed by atoms with Crippen LogP contribution in [0.5, 0.6) is 5.75 Å². The number of carbonyl (C=O) groups excluding carboxylic acids is 1. The monoisotopic (exact) mass is 436 g/mol. The minimum absolute atomic E-state index is 0.0699. The fourth-order valence-electron chi connectivity index (χ4n) is 3.61. The van der Waals surface area contributed by atoms with Crippen molar-refractivity contribution in [3.8, 4) is 5.75 Å².